The molecule has 0 aromatic heterocycles. The molecular formula is C13H25NO3. The van der Waals surface area contributed by atoms with Gasteiger partial charge in [0, 0.05) is 6.54 Å². The highest BCUT2D eigenvalue weighted by Gasteiger charge is 2.23. The molecule has 2 atom stereocenters. The van der Waals surface area contributed by atoms with Gasteiger partial charge in [0.1, 0.15) is 6.04 Å². The molecule has 0 aliphatic heterocycles. The van der Waals surface area contributed by atoms with Gasteiger partial charge < -0.3 is 15.5 Å². The first-order valence-corrected chi connectivity index (χ1v) is 6.79. The Balaban J connectivity index is 2.29. The minimum absolute atomic E-state index is 0.354. The van der Waals surface area contributed by atoms with Gasteiger partial charge in [0.25, 0.3) is 0 Å². The van der Waals surface area contributed by atoms with E-state index in [1.807, 2.05) is 6.92 Å². The fraction of sp³-hybridized carbons (Fsp3) is 0.923. The van der Waals surface area contributed by atoms with Gasteiger partial charge in [-0.15, -0.1) is 0 Å². The molecule has 1 unspecified atom stereocenters. The van der Waals surface area contributed by atoms with E-state index in [1.165, 1.54) is 19.3 Å². The molecule has 100 valence electrons. The van der Waals surface area contributed by atoms with Crippen molar-refractivity contribution in [2.75, 3.05) is 6.54 Å². The molecule has 0 aromatic rings. The molecular weight excluding hydrogens is 218 g/mol. The van der Waals surface area contributed by atoms with Gasteiger partial charge in [-0.2, -0.15) is 0 Å². The zero-order chi connectivity index (χ0) is 12.7. The minimum atomic E-state index is -0.817. The van der Waals surface area contributed by atoms with Gasteiger partial charge in [-0.25, -0.2) is 0 Å². The van der Waals surface area contributed by atoms with Crippen molar-refractivity contribution in [2.24, 2.45) is 5.92 Å². The van der Waals surface area contributed by atoms with Crippen molar-refractivity contribution in [3.63, 3.8) is 0 Å². The lowest BCUT2D eigenvalue weighted by Crippen LogP contribution is -2.43. The van der Waals surface area contributed by atoms with Crippen molar-refractivity contribution in [1.82, 2.24) is 5.32 Å². The Morgan fingerprint density at radius 3 is 2.53 bits per heavy atom. The van der Waals surface area contributed by atoms with Crippen LogP contribution in [0.15, 0.2) is 0 Å². The monoisotopic (exact) mass is 243 g/mol. The molecule has 3 N–H and O–H groups in total. The second-order valence-corrected chi connectivity index (χ2v) is 5.05. The summed E-state index contributed by atoms with van der Waals surface area (Å²) in [5.41, 5.74) is 0. The van der Waals surface area contributed by atoms with Crippen molar-refractivity contribution in [1.29, 1.82) is 0 Å². The van der Waals surface area contributed by atoms with Crippen LogP contribution in [0.3, 0.4) is 0 Å². The number of hydrogen-bond donors (Lipinski definition) is 3. The minimum Gasteiger partial charge on any atom is -0.480 e. The standard InChI is InChI=1S/C13H25NO3/c1-2-6-11(13(16)17)14-9-12(15)10-7-4-3-5-8-10/h10-12,14-15H,2-9H2,1H3,(H,16,17)/t11?,12-/m1/s1. The lowest BCUT2D eigenvalue weighted by atomic mass is 9.85. The third-order valence-electron chi connectivity index (χ3n) is 3.64. The van der Waals surface area contributed by atoms with Gasteiger partial charge in [0.05, 0.1) is 6.10 Å². The maximum atomic E-state index is 10.9. The molecule has 1 saturated carbocycles. The summed E-state index contributed by atoms with van der Waals surface area (Å²) in [6.07, 6.45) is 6.87. The van der Waals surface area contributed by atoms with E-state index in [0.717, 1.165) is 19.3 Å². The Morgan fingerprint density at radius 2 is 2.00 bits per heavy atom. The van der Waals surface area contributed by atoms with Crippen LogP contribution in [0.25, 0.3) is 0 Å². The molecule has 0 heterocycles. The van der Waals surface area contributed by atoms with Gasteiger partial charge in [0.15, 0.2) is 0 Å². The largest absolute Gasteiger partial charge is 0.480 e. The Hall–Kier alpha value is -0.610. The summed E-state index contributed by atoms with van der Waals surface area (Å²) in [5.74, 6) is -0.463. The molecule has 0 amide bonds. The van der Waals surface area contributed by atoms with Crippen LogP contribution in [0.5, 0.6) is 0 Å². The Morgan fingerprint density at radius 1 is 1.35 bits per heavy atom. The molecule has 17 heavy (non-hydrogen) atoms. The smallest absolute Gasteiger partial charge is 0.320 e. The summed E-state index contributed by atoms with van der Waals surface area (Å²) in [5, 5.41) is 22.0. The number of aliphatic carboxylic acids is 1. The molecule has 0 saturated heterocycles. The van der Waals surface area contributed by atoms with Crippen molar-refractivity contribution in [2.45, 2.75) is 64.0 Å². The molecule has 1 aliphatic carbocycles. The second kappa shape index (κ2) is 7.67. The molecule has 0 aromatic carbocycles. The number of aliphatic hydroxyl groups is 1. The number of aliphatic hydroxyl groups excluding tert-OH is 1. The third-order valence-corrected chi connectivity index (χ3v) is 3.64. The van der Waals surface area contributed by atoms with E-state index < -0.39 is 18.1 Å². The van der Waals surface area contributed by atoms with Gasteiger partial charge in [-0.3, -0.25) is 4.79 Å². The van der Waals surface area contributed by atoms with E-state index in [0.29, 0.717) is 18.9 Å². The predicted molar refractivity (Wildman–Crippen MR) is 66.9 cm³/mol. The molecule has 1 rings (SSSR count). The summed E-state index contributed by atoms with van der Waals surface area (Å²) in [7, 11) is 0. The third kappa shape index (κ3) is 5.04. The SMILES string of the molecule is CCCC(NC[C@@H](O)C1CCCCC1)C(=O)O. The van der Waals surface area contributed by atoms with Crippen molar-refractivity contribution in [3.8, 4) is 0 Å². The summed E-state index contributed by atoms with van der Waals surface area (Å²) < 4.78 is 0. The van der Waals surface area contributed by atoms with E-state index in [2.05, 4.69) is 5.32 Å². The first kappa shape index (κ1) is 14.5. The summed E-state index contributed by atoms with van der Waals surface area (Å²) in [6.45, 7) is 2.37. The van der Waals surface area contributed by atoms with Crippen molar-refractivity contribution >= 4 is 5.97 Å². The molecule has 4 heteroatoms. The van der Waals surface area contributed by atoms with E-state index in [1.54, 1.807) is 0 Å². The second-order valence-electron chi connectivity index (χ2n) is 5.05. The zero-order valence-electron chi connectivity index (χ0n) is 10.7. The van der Waals surface area contributed by atoms with E-state index in [-0.39, 0.29) is 0 Å². The van der Waals surface area contributed by atoms with E-state index >= 15 is 0 Å². The molecule has 4 nitrogen and oxygen atoms in total. The number of nitrogens with one attached hydrogen (secondary N) is 1. The average molecular weight is 243 g/mol. The first-order chi connectivity index (χ1) is 8.15. The molecule has 0 bridgehead atoms. The summed E-state index contributed by atoms with van der Waals surface area (Å²) in [4.78, 5) is 10.9. The van der Waals surface area contributed by atoms with E-state index in [4.69, 9.17) is 5.11 Å². The van der Waals surface area contributed by atoms with Gasteiger partial charge >= 0.3 is 5.97 Å². The Kier molecular flexibility index (Phi) is 6.52. The van der Waals surface area contributed by atoms with Crippen LogP contribution in [0.4, 0.5) is 0 Å². The number of hydrogen-bond acceptors (Lipinski definition) is 3. The summed E-state index contributed by atoms with van der Waals surface area (Å²) >= 11 is 0. The van der Waals surface area contributed by atoms with Crippen molar-refractivity contribution in [3.05, 3.63) is 0 Å². The van der Waals surface area contributed by atoms with Gasteiger partial charge in [0.2, 0.25) is 0 Å². The topological polar surface area (TPSA) is 69.6 Å². The highest BCUT2D eigenvalue weighted by Crippen LogP contribution is 2.26. The Labute approximate surface area is 103 Å². The summed E-state index contributed by atoms with van der Waals surface area (Å²) in [6, 6.07) is -0.516. The highest BCUT2D eigenvalue weighted by atomic mass is 16.4. The van der Waals surface area contributed by atoms with Crippen LogP contribution >= 0.6 is 0 Å². The Bertz CT molecular complexity index is 227. The fourth-order valence-corrected chi connectivity index (χ4v) is 2.55. The highest BCUT2D eigenvalue weighted by molar-refractivity contribution is 5.73. The van der Waals surface area contributed by atoms with Crippen LogP contribution in [-0.2, 0) is 4.79 Å². The maximum Gasteiger partial charge on any atom is 0.320 e. The van der Waals surface area contributed by atoms with Crippen LogP contribution in [0.2, 0.25) is 0 Å². The van der Waals surface area contributed by atoms with Gasteiger partial charge in [-0.05, 0) is 25.2 Å². The maximum absolute atomic E-state index is 10.9. The number of carboxylic acid groups (broad SMARTS) is 1. The average Bonchev–Trinajstić information content (AvgIpc) is 2.34. The number of carboxylic acids is 1. The normalized spacial score (nSPS) is 21.1. The van der Waals surface area contributed by atoms with Crippen LogP contribution in [-0.4, -0.2) is 34.9 Å². The van der Waals surface area contributed by atoms with Crippen molar-refractivity contribution < 1.29 is 15.0 Å². The van der Waals surface area contributed by atoms with Crippen LogP contribution in [0.1, 0.15) is 51.9 Å². The van der Waals surface area contributed by atoms with Crippen LogP contribution < -0.4 is 5.32 Å². The first-order valence-electron chi connectivity index (χ1n) is 6.79. The molecule has 1 fully saturated rings. The number of carbonyl (C=O) groups is 1. The van der Waals surface area contributed by atoms with Gasteiger partial charge in [-0.1, -0.05) is 32.6 Å². The van der Waals surface area contributed by atoms with Crippen LogP contribution in [0, 0.1) is 5.92 Å². The number of rotatable bonds is 7. The fourth-order valence-electron chi connectivity index (χ4n) is 2.55. The predicted octanol–water partition coefficient (Wildman–Crippen LogP) is 1.77. The lowest BCUT2D eigenvalue weighted by Gasteiger charge is -2.27. The molecule has 1 aliphatic rings. The lowest BCUT2D eigenvalue weighted by molar-refractivity contribution is -0.139. The zero-order valence-corrected chi connectivity index (χ0v) is 10.7. The molecule has 0 radical (unpaired) electrons. The quantitative estimate of drug-likeness (QED) is 0.637. The molecule has 0 spiro atoms. The van der Waals surface area contributed by atoms with E-state index in [9.17, 15) is 9.90 Å².